The molecule has 2 aliphatic rings. The second-order valence-electron chi connectivity index (χ2n) is 7.16. The Morgan fingerprint density at radius 2 is 2.11 bits per heavy atom. The molecule has 0 spiro atoms. The van der Waals surface area contributed by atoms with Gasteiger partial charge in [-0.15, -0.1) is 0 Å². The van der Waals surface area contributed by atoms with Crippen LogP contribution in [0.4, 0.5) is 5.69 Å². The number of anilines is 1. The molecule has 2 aliphatic heterocycles. The molecule has 1 aromatic carbocycles. The van der Waals surface area contributed by atoms with Gasteiger partial charge in [0.05, 0.1) is 12.7 Å². The Labute approximate surface area is 167 Å². The molecule has 7 nitrogen and oxygen atoms in total. The minimum atomic E-state index is 0.197. The number of guanidine groups is 1. The van der Waals surface area contributed by atoms with Gasteiger partial charge in [0.1, 0.15) is 0 Å². The number of hydrogen-bond donors (Lipinski definition) is 2. The van der Waals surface area contributed by atoms with Gasteiger partial charge in [0.15, 0.2) is 5.96 Å². The summed E-state index contributed by atoms with van der Waals surface area (Å²) in [6, 6.07) is 8.17. The lowest BCUT2D eigenvalue weighted by Crippen LogP contribution is -2.39. The zero-order valence-corrected chi connectivity index (χ0v) is 16.8. The zero-order chi connectivity index (χ0) is 19.6. The van der Waals surface area contributed by atoms with Crippen LogP contribution >= 0.6 is 0 Å². The summed E-state index contributed by atoms with van der Waals surface area (Å²) in [4.78, 5) is 18.6. The van der Waals surface area contributed by atoms with Crippen LogP contribution in [0.2, 0.25) is 0 Å². The van der Waals surface area contributed by atoms with Crippen molar-refractivity contribution in [3.8, 4) is 0 Å². The highest BCUT2D eigenvalue weighted by Crippen LogP contribution is 2.27. The molecule has 1 atom stereocenters. The van der Waals surface area contributed by atoms with E-state index in [1.54, 1.807) is 7.05 Å². The first-order chi connectivity index (χ1) is 13.8. The largest absolute Gasteiger partial charge is 0.379 e. The number of fused-ring (bicyclic) bond motifs is 1. The molecular formula is C21H32N4O3. The van der Waals surface area contributed by atoms with Crippen molar-refractivity contribution in [2.24, 2.45) is 4.99 Å². The Morgan fingerprint density at radius 1 is 1.29 bits per heavy atom. The minimum absolute atomic E-state index is 0.197. The van der Waals surface area contributed by atoms with E-state index in [0.29, 0.717) is 6.42 Å². The summed E-state index contributed by atoms with van der Waals surface area (Å²) in [7, 11) is 1.76. The third kappa shape index (κ3) is 5.94. The van der Waals surface area contributed by atoms with Crippen LogP contribution in [0, 0.1) is 0 Å². The van der Waals surface area contributed by atoms with E-state index in [1.165, 1.54) is 5.56 Å². The maximum atomic E-state index is 12.5. The summed E-state index contributed by atoms with van der Waals surface area (Å²) in [5.74, 6) is 0.964. The van der Waals surface area contributed by atoms with E-state index in [4.69, 9.17) is 9.47 Å². The molecule has 0 bridgehead atoms. The van der Waals surface area contributed by atoms with E-state index in [9.17, 15) is 4.79 Å². The Morgan fingerprint density at radius 3 is 2.89 bits per heavy atom. The molecule has 1 unspecified atom stereocenters. The van der Waals surface area contributed by atoms with Crippen molar-refractivity contribution in [2.45, 2.75) is 38.2 Å². The molecule has 28 heavy (non-hydrogen) atoms. The van der Waals surface area contributed by atoms with Crippen molar-refractivity contribution in [1.29, 1.82) is 0 Å². The first-order valence-corrected chi connectivity index (χ1v) is 10.3. The smallest absolute Gasteiger partial charge is 0.227 e. The van der Waals surface area contributed by atoms with Crippen LogP contribution in [-0.2, 0) is 20.7 Å². The molecular weight excluding hydrogens is 356 g/mol. The standard InChI is InChI=1S/C21H32N4O3/c1-22-21(24-12-5-14-28-18-10-15-27-16-18)23-11-4-8-20(26)25-13-9-17-6-2-3-7-19(17)25/h2-3,6-7,18H,4-5,8-16H2,1H3,(H2,22,23,24). The van der Waals surface area contributed by atoms with E-state index in [2.05, 4.69) is 21.7 Å². The van der Waals surface area contributed by atoms with E-state index >= 15 is 0 Å². The van der Waals surface area contributed by atoms with Crippen LogP contribution in [0.5, 0.6) is 0 Å². The summed E-state index contributed by atoms with van der Waals surface area (Å²) < 4.78 is 11.0. The van der Waals surface area contributed by atoms with Gasteiger partial charge in [-0.2, -0.15) is 0 Å². The molecule has 2 heterocycles. The lowest BCUT2D eigenvalue weighted by molar-refractivity contribution is -0.118. The molecule has 1 aromatic rings. The Bertz CT molecular complexity index is 659. The van der Waals surface area contributed by atoms with Gasteiger partial charge in [-0.1, -0.05) is 18.2 Å². The van der Waals surface area contributed by atoms with E-state index in [1.807, 2.05) is 23.1 Å². The number of aliphatic imine (C=N–C) groups is 1. The third-order valence-corrected chi connectivity index (χ3v) is 5.13. The van der Waals surface area contributed by atoms with Crippen LogP contribution in [0.1, 0.15) is 31.2 Å². The predicted octanol–water partition coefficient (Wildman–Crippen LogP) is 1.72. The quantitative estimate of drug-likeness (QED) is 0.383. The van der Waals surface area contributed by atoms with Crippen LogP contribution in [0.15, 0.2) is 29.3 Å². The Balaban J connectivity index is 1.26. The lowest BCUT2D eigenvalue weighted by Gasteiger charge is -2.17. The number of carbonyl (C=O) groups is 1. The van der Waals surface area contributed by atoms with E-state index < -0.39 is 0 Å². The van der Waals surface area contributed by atoms with Crippen LogP contribution in [0.25, 0.3) is 0 Å². The number of amides is 1. The van der Waals surface area contributed by atoms with Crippen molar-refractivity contribution < 1.29 is 14.3 Å². The van der Waals surface area contributed by atoms with Gasteiger partial charge in [-0.25, -0.2) is 0 Å². The fraction of sp³-hybridized carbons (Fsp3) is 0.619. The Kier molecular flexibility index (Phi) is 8.11. The van der Waals surface area contributed by atoms with Gasteiger partial charge in [-0.3, -0.25) is 9.79 Å². The minimum Gasteiger partial charge on any atom is -0.379 e. The molecule has 0 aromatic heterocycles. The SMILES string of the molecule is CN=C(NCCCOC1CCOC1)NCCCC(=O)N1CCc2ccccc21. The second kappa shape index (κ2) is 11.0. The summed E-state index contributed by atoms with van der Waals surface area (Å²) in [6.45, 7) is 4.58. The van der Waals surface area contributed by atoms with Gasteiger partial charge in [0.25, 0.3) is 0 Å². The fourth-order valence-corrected chi connectivity index (χ4v) is 3.57. The summed E-state index contributed by atoms with van der Waals surface area (Å²) in [6.07, 6.45) is 4.45. The second-order valence-corrected chi connectivity index (χ2v) is 7.16. The van der Waals surface area contributed by atoms with E-state index in [-0.39, 0.29) is 12.0 Å². The van der Waals surface area contributed by atoms with Crippen molar-refractivity contribution >= 4 is 17.6 Å². The monoisotopic (exact) mass is 388 g/mol. The molecule has 1 amide bonds. The number of carbonyl (C=O) groups excluding carboxylic acids is 1. The van der Waals surface area contributed by atoms with Crippen LogP contribution in [-0.4, -0.2) is 64.5 Å². The van der Waals surface area contributed by atoms with Crippen molar-refractivity contribution in [2.75, 3.05) is 51.4 Å². The number of nitrogens with one attached hydrogen (secondary N) is 2. The lowest BCUT2D eigenvalue weighted by atomic mass is 10.2. The highest BCUT2D eigenvalue weighted by molar-refractivity contribution is 5.95. The topological polar surface area (TPSA) is 75.2 Å². The number of hydrogen-bond acceptors (Lipinski definition) is 4. The molecule has 1 saturated heterocycles. The molecule has 1 fully saturated rings. The molecule has 0 aliphatic carbocycles. The number of ether oxygens (including phenoxy) is 2. The first-order valence-electron chi connectivity index (χ1n) is 10.3. The molecule has 0 radical (unpaired) electrons. The third-order valence-electron chi connectivity index (χ3n) is 5.13. The molecule has 2 N–H and O–H groups in total. The average Bonchev–Trinajstić information content (AvgIpc) is 3.38. The number of benzene rings is 1. The van der Waals surface area contributed by atoms with Gasteiger partial charge >= 0.3 is 0 Å². The zero-order valence-electron chi connectivity index (χ0n) is 16.8. The average molecular weight is 389 g/mol. The van der Waals surface area contributed by atoms with Crippen molar-refractivity contribution in [3.05, 3.63) is 29.8 Å². The number of rotatable bonds is 9. The first kappa shape index (κ1) is 20.6. The highest BCUT2D eigenvalue weighted by Gasteiger charge is 2.23. The summed E-state index contributed by atoms with van der Waals surface area (Å²) in [5.41, 5.74) is 2.34. The van der Waals surface area contributed by atoms with Gasteiger partial charge in [0.2, 0.25) is 5.91 Å². The molecule has 7 heteroatoms. The maximum absolute atomic E-state index is 12.5. The molecule has 154 valence electrons. The van der Waals surface area contributed by atoms with Crippen LogP contribution in [0.3, 0.4) is 0 Å². The Hall–Kier alpha value is -2.12. The molecule has 0 saturated carbocycles. The summed E-state index contributed by atoms with van der Waals surface area (Å²) >= 11 is 0. The predicted molar refractivity (Wildman–Crippen MR) is 111 cm³/mol. The maximum Gasteiger partial charge on any atom is 0.227 e. The van der Waals surface area contributed by atoms with E-state index in [0.717, 1.165) is 76.8 Å². The van der Waals surface area contributed by atoms with Gasteiger partial charge < -0.3 is 25.0 Å². The van der Waals surface area contributed by atoms with Gasteiger partial charge in [0, 0.05) is 52.0 Å². The van der Waals surface area contributed by atoms with Crippen molar-refractivity contribution in [1.82, 2.24) is 10.6 Å². The number of para-hydroxylation sites is 1. The number of nitrogens with zero attached hydrogens (tertiary/aromatic N) is 2. The fourth-order valence-electron chi connectivity index (χ4n) is 3.57. The van der Waals surface area contributed by atoms with Crippen molar-refractivity contribution in [3.63, 3.8) is 0 Å². The molecule has 3 rings (SSSR count). The van der Waals surface area contributed by atoms with Gasteiger partial charge in [-0.05, 0) is 37.3 Å². The van der Waals surface area contributed by atoms with Crippen LogP contribution < -0.4 is 15.5 Å². The highest BCUT2D eigenvalue weighted by atomic mass is 16.5. The normalized spacial score (nSPS) is 19.0. The summed E-state index contributed by atoms with van der Waals surface area (Å²) in [5, 5.41) is 6.56.